The van der Waals surface area contributed by atoms with Crippen LogP contribution in [0.3, 0.4) is 0 Å². The number of nitrogens with one attached hydrogen (secondary N) is 1. The van der Waals surface area contributed by atoms with Crippen molar-refractivity contribution in [2.24, 2.45) is 0 Å². The number of amides is 1. The van der Waals surface area contributed by atoms with Crippen molar-refractivity contribution in [2.45, 2.75) is 12.5 Å². The van der Waals surface area contributed by atoms with Crippen LogP contribution in [0.25, 0.3) is 5.65 Å². The summed E-state index contributed by atoms with van der Waals surface area (Å²) in [4.78, 5) is 12.3. The largest absolute Gasteiger partial charge is 0.481 e. The Labute approximate surface area is 154 Å². The maximum atomic E-state index is 13.6. The van der Waals surface area contributed by atoms with E-state index in [2.05, 4.69) is 15.5 Å². The van der Waals surface area contributed by atoms with Crippen molar-refractivity contribution >= 4 is 23.3 Å². The minimum Gasteiger partial charge on any atom is -0.481 e. The molecule has 8 heteroatoms. The van der Waals surface area contributed by atoms with Gasteiger partial charge in [-0.15, -0.1) is 10.2 Å². The van der Waals surface area contributed by atoms with Gasteiger partial charge in [-0.25, -0.2) is 4.39 Å². The Morgan fingerprint density at radius 3 is 2.88 bits per heavy atom. The highest BCUT2D eigenvalue weighted by Crippen LogP contribution is 2.19. The second-order valence-corrected chi connectivity index (χ2v) is 6.59. The summed E-state index contributed by atoms with van der Waals surface area (Å²) in [6.45, 7) is -0.270. The Morgan fingerprint density at radius 2 is 2.08 bits per heavy atom. The van der Waals surface area contributed by atoms with Gasteiger partial charge in [0.1, 0.15) is 0 Å². The molecule has 26 heavy (non-hydrogen) atoms. The highest BCUT2D eigenvalue weighted by Gasteiger charge is 2.20. The molecule has 0 aliphatic heterocycles. The molecule has 0 radical (unpaired) electrons. The van der Waals surface area contributed by atoms with Gasteiger partial charge in [-0.1, -0.05) is 18.2 Å². The molecule has 2 aromatic heterocycles. The van der Waals surface area contributed by atoms with Gasteiger partial charge in [0.05, 0.1) is 6.04 Å². The number of pyridine rings is 1. The second kappa shape index (κ2) is 8.66. The number of fused-ring (bicyclic) bond motifs is 1. The Kier molecular flexibility index (Phi) is 6.06. The molecule has 1 atom stereocenters. The minimum absolute atomic E-state index is 0.0521. The lowest BCUT2D eigenvalue weighted by atomic mass is 10.2. The number of carbonyl (C=O) groups is 1. The molecule has 1 unspecified atom stereocenters. The number of thioether (sulfide) groups is 1. The molecule has 136 valence electrons. The minimum atomic E-state index is -0.498. The summed E-state index contributed by atoms with van der Waals surface area (Å²) in [6, 6.07) is 11.3. The first kappa shape index (κ1) is 18.2. The van der Waals surface area contributed by atoms with Crippen molar-refractivity contribution in [1.82, 2.24) is 19.9 Å². The molecule has 0 saturated carbocycles. The van der Waals surface area contributed by atoms with E-state index in [1.54, 1.807) is 23.9 Å². The van der Waals surface area contributed by atoms with Gasteiger partial charge >= 0.3 is 0 Å². The first-order valence-electron chi connectivity index (χ1n) is 8.14. The zero-order valence-corrected chi connectivity index (χ0v) is 15.1. The topological polar surface area (TPSA) is 68.5 Å². The predicted octanol–water partition coefficient (Wildman–Crippen LogP) is 2.86. The van der Waals surface area contributed by atoms with Crippen LogP contribution in [0, 0.1) is 5.82 Å². The number of carbonyl (C=O) groups excluding carboxylic acids is 1. The molecule has 1 amide bonds. The number of ether oxygens (including phenoxy) is 1. The van der Waals surface area contributed by atoms with Gasteiger partial charge in [-0.05, 0) is 42.7 Å². The lowest BCUT2D eigenvalue weighted by Crippen LogP contribution is -2.34. The van der Waals surface area contributed by atoms with E-state index in [-0.39, 0.29) is 24.3 Å². The van der Waals surface area contributed by atoms with Crippen LogP contribution >= 0.6 is 11.8 Å². The molecule has 3 aromatic rings. The van der Waals surface area contributed by atoms with Gasteiger partial charge in [-0.3, -0.25) is 9.20 Å². The molecule has 0 saturated heterocycles. The van der Waals surface area contributed by atoms with Gasteiger partial charge < -0.3 is 10.1 Å². The number of rotatable bonds is 8. The van der Waals surface area contributed by atoms with Crippen LogP contribution in [0.5, 0.6) is 5.75 Å². The van der Waals surface area contributed by atoms with E-state index in [9.17, 15) is 9.18 Å². The van der Waals surface area contributed by atoms with Crippen molar-refractivity contribution in [3.8, 4) is 5.75 Å². The Balaban J connectivity index is 1.70. The summed E-state index contributed by atoms with van der Waals surface area (Å²) in [6.07, 6.45) is 4.56. The van der Waals surface area contributed by atoms with Crippen LogP contribution in [-0.2, 0) is 4.79 Å². The third-order valence-corrected chi connectivity index (χ3v) is 4.44. The third-order valence-electron chi connectivity index (χ3n) is 3.79. The van der Waals surface area contributed by atoms with Crippen LogP contribution in [0.15, 0.2) is 48.7 Å². The normalized spacial score (nSPS) is 12.1. The molecular formula is C18H19FN4O2S. The van der Waals surface area contributed by atoms with Gasteiger partial charge in [0.2, 0.25) is 0 Å². The standard InChI is InChI=1S/C18H19FN4O2S/c1-26-11-9-14(18-22-21-16-8-4-5-10-23(16)18)20-17(24)12-25-15-7-3-2-6-13(15)19/h2-8,10,14H,9,11-12H2,1H3,(H,20,24). The van der Waals surface area contributed by atoms with Gasteiger partial charge in [0, 0.05) is 6.20 Å². The number of halogens is 1. The monoisotopic (exact) mass is 374 g/mol. The zero-order valence-electron chi connectivity index (χ0n) is 14.3. The molecule has 2 heterocycles. The van der Waals surface area contributed by atoms with Crippen LogP contribution < -0.4 is 10.1 Å². The summed E-state index contributed by atoms with van der Waals surface area (Å²) in [5.74, 6) is 0.723. The fraction of sp³-hybridized carbons (Fsp3) is 0.278. The molecule has 3 rings (SSSR count). The zero-order chi connectivity index (χ0) is 18.4. The van der Waals surface area contributed by atoms with Crippen molar-refractivity contribution in [3.63, 3.8) is 0 Å². The van der Waals surface area contributed by atoms with Crippen molar-refractivity contribution in [1.29, 1.82) is 0 Å². The van der Waals surface area contributed by atoms with Crippen LogP contribution in [0.4, 0.5) is 4.39 Å². The van der Waals surface area contributed by atoms with E-state index in [4.69, 9.17) is 4.74 Å². The smallest absolute Gasteiger partial charge is 0.258 e. The molecular weight excluding hydrogens is 355 g/mol. The Bertz CT molecular complexity index is 886. The third kappa shape index (κ3) is 4.32. The molecule has 0 spiro atoms. The highest BCUT2D eigenvalue weighted by atomic mass is 32.2. The molecule has 6 nitrogen and oxygen atoms in total. The average molecular weight is 374 g/mol. The maximum absolute atomic E-state index is 13.6. The number of hydrogen-bond acceptors (Lipinski definition) is 5. The van der Waals surface area contributed by atoms with E-state index in [0.717, 1.165) is 5.75 Å². The lowest BCUT2D eigenvalue weighted by molar-refractivity contribution is -0.124. The van der Waals surface area contributed by atoms with E-state index in [1.165, 1.54) is 12.1 Å². The van der Waals surface area contributed by atoms with Gasteiger partial charge in [-0.2, -0.15) is 11.8 Å². The van der Waals surface area contributed by atoms with Gasteiger partial charge in [0.15, 0.2) is 29.6 Å². The molecule has 1 N–H and O–H groups in total. The first-order chi connectivity index (χ1) is 12.7. The summed E-state index contributed by atoms with van der Waals surface area (Å²) >= 11 is 1.68. The molecule has 1 aromatic carbocycles. The van der Waals surface area contributed by atoms with Crippen molar-refractivity contribution in [2.75, 3.05) is 18.6 Å². The van der Waals surface area contributed by atoms with Crippen LogP contribution in [0.2, 0.25) is 0 Å². The summed E-state index contributed by atoms with van der Waals surface area (Å²) in [5.41, 5.74) is 0.716. The van der Waals surface area contributed by atoms with E-state index in [0.29, 0.717) is 17.9 Å². The molecule has 0 bridgehead atoms. The quantitative estimate of drug-likeness (QED) is 0.657. The number of para-hydroxylation sites is 1. The van der Waals surface area contributed by atoms with Crippen LogP contribution in [0.1, 0.15) is 18.3 Å². The Hall–Kier alpha value is -2.61. The SMILES string of the molecule is CSCCC(NC(=O)COc1ccccc1F)c1nnc2ccccn12. The summed E-state index contributed by atoms with van der Waals surface area (Å²) < 4.78 is 20.7. The highest BCUT2D eigenvalue weighted by molar-refractivity contribution is 7.98. The fourth-order valence-electron chi connectivity index (χ4n) is 2.54. The predicted molar refractivity (Wildman–Crippen MR) is 98.8 cm³/mol. The number of nitrogens with zero attached hydrogens (tertiary/aromatic N) is 3. The summed E-state index contributed by atoms with van der Waals surface area (Å²) in [7, 11) is 0. The maximum Gasteiger partial charge on any atom is 0.258 e. The van der Waals surface area contributed by atoms with Gasteiger partial charge in [0.25, 0.3) is 5.91 Å². The molecule has 0 aliphatic carbocycles. The Morgan fingerprint density at radius 1 is 1.27 bits per heavy atom. The lowest BCUT2D eigenvalue weighted by Gasteiger charge is -2.17. The van der Waals surface area contributed by atoms with Crippen molar-refractivity contribution in [3.05, 3.63) is 60.3 Å². The summed E-state index contributed by atoms with van der Waals surface area (Å²) in [5, 5.41) is 11.3. The van der Waals surface area contributed by atoms with E-state index >= 15 is 0 Å². The van der Waals surface area contributed by atoms with E-state index in [1.807, 2.05) is 35.1 Å². The molecule has 0 aliphatic rings. The number of aromatic nitrogens is 3. The van der Waals surface area contributed by atoms with Crippen LogP contribution in [-0.4, -0.2) is 39.1 Å². The van der Waals surface area contributed by atoms with Crippen molar-refractivity contribution < 1.29 is 13.9 Å². The second-order valence-electron chi connectivity index (χ2n) is 5.61. The fourth-order valence-corrected chi connectivity index (χ4v) is 3.01. The van der Waals surface area contributed by atoms with E-state index < -0.39 is 5.82 Å². The first-order valence-corrected chi connectivity index (χ1v) is 9.53. The average Bonchev–Trinajstić information content (AvgIpc) is 3.08. The molecule has 0 fully saturated rings. The number of hydrogen-bond donors (Lipinski definition) is 1. The number of benzene rings is 1.